The minimum absolute atomic E-state index is 0.578. The van der Waals surface area contributed by atoms with Gasteiger partial charge in [-0.25, -0.2) is 9.97 Å². The molecule has 0 unspecified atom stereocenters. The number of rotatable bonds is 3. The smallest absolute Gasteiger partial charge is 0.176 e. The minimum Gasteiger partial charge on any atom is -0.245 e. The van der Waals surface area contributed by atoms with E-state index in [0.29, 0.717) is 10.6 Å². The zero-order chi connectivity index (χ0) is 12.3. The van der Waals surface area contributed by atoms with Gasteiger partial charge in [-0.05, 0) is 42.4 Å². The Morgan fingerprint density at radius 2 is 2.24 bits per heavy atom. The van der Waals surface area contributed by atoms with Gasteiger partial charge in [0.2, 0.25) is 0 Å². The van der Waals surface area contributed by atoms with E-state index in [4.69, 9.17) is 5.26 Å². The second-order valence-corrected chi connectivity index (χ2v) is 5.34. The van der Waals surface area contributed by atoms with Crippen molar-refractivity contribution in [2.24, 2.45) is 0 Å². The SMILES string of the molecule is CCc1nsc(Sc2nc(C)ccc2C#N)n1. The van der Waals surface area contributed by atoms with E-state index in [1.807, 2.05) is 19.9 Å². The second kappa shape index (κ2) is 5.25. The van der Waals surface area contributed by atoms with Gasteiger partial charge in [-0.15, -0.1) is 0 Å². The number of hydrogen-bond donors (Lipinski definition) is 0. The van der Waals surface area contributed by atoms with Gasteiger partial charge >= 0.3 is 0 Å². The Balaban J connectivity index is 2.29. The first-order valence-electron chi connectivity index (χ1n) is 5.11. The van der Waals surface area contributed by atoms with E-state index in [1.165, 1.54) is 23.3 Å². The van der Waals surface area contributed by atoms with Crippen molar-refractivity contribution in [2.45, 2.75) is 29.6 Å². The van der Waals surface area contributed by atoms with Crippen LogP contribution in [0.1, 0.15) is 24.0 Å². The van der Waals surface area contributed by atoms with Gasteiger partial charge in [-0.2, -0.15) is 9.64 Å². The predicted molar refractivity (Wildman–Crippen MR) is 67.1 cm³/mol. The van der Waals surface area contributed by atoms with Crippen LogP contribution in [0, 0.1) is 18.3 Å². The first-order chi connectivity index (χ1) is 8.22. The number of nitriles is 1. The van der Waals surface area contributed by atoms with Gasteiger partial charge in [0.1, 0.15) is 16.9 Å². The van der Waals surface area contributed by atoms with Crippen LogP contribution in [-0.2, 0) is 6.42 Å². The number of aromatic nitrogens is 3. The van der Waals surface area contributed by atoms with Gasteiger partial charge in [0.05, 0.1) is 5.56 Å². The van der Waals surface area contributed by atoms with Crippen molar-refractivity contribution in [1.29, 1.82) is 5.26 Å². The number of pyridine rings is 1. The van der Waals surface area contributed by atoms with E-state index < -0.39 is 0 Å². The molecule has 2 heterocycles. The fourth-order valence-electron chi connectivity index (χ4n) is 1.20. The maximum atomic E-state index is 9.00. The van der Waals surface area contributed by atoms with Crippen LogP contribution in [0.15, 0.2) is 21.5 Å². The molecule has 86 valence electrons. The van der Waals surface area contributed by atoms with Crippen molar-refractivity contribution >= 4 is 23.3 Å². The molecule has 0 aromatic carbocycles. The van der Waals surface area contributed by atoms with E-state index in [-0.39, 0.29) is 0 Å². The molecule has 0 atom stereocenters. The van der Waals surface area contributed by atoms with Crippen molar-refractivity contribution in [2.75, 3.05) is 0 Å². The van der Waals surface area contributed by atoms with Crippen LogP contribution in [0.2, 0.25) is 0 Å². The summed E-state index contributed by atoms with van der Waals surface area (Å²) in [7, 11) is 0. The summed E-state index contributed by atoms with van der Waals surface area (Å²) in [6.45, 7) is 3.92. The summed E-state index contributed by atoms with van der Waals surface area (Å²) >= 11 is 2.75. The number of nitrogens with zero attached hydrogens (tertiary/aromatic N) is 4. The molecule has 2 aromatic rings. The Kier molecular flexibility index (Phi) is 3.71. The first kappa shape index (κ1) is 12.0. The molecule has 2 rings (SSSR count). The molecule has 17 heavy (non-hydrogen) atoms. The van der Waals surface area contributed by atoms with Crippen molar-refractivity contribution in [3.8, 4) is 6.07 Å². The fourth-order valence-corrected chi connectivity index (χ4v) is 2.93. The lowest BCUT2D eigenvalue weighted by atomic mass is 10.3. The van der Waals surface area contributed by atoms with Gasteiger partial charge in [-0.1, -0.05) is 6.92 Å². The summed E-state index contributed by atoms with van der Waals surface area (Å²) in [5.74, 6) is 0.837. The molecule has 0 saturated carbocycles. The minimum atomic E-state index is 0.578. The predicted octanol–water partition coefficient (Wildman–Crippen LogP) is 2.83. The third kappa shape index (κ3) is 2.81. The van der Waals surface area contributed by atoms with Crippen LogP contribution in [0.5, 0.6) is 0 Å². The van der Waals surface area contributed by atoms with Gasteiger partial charge in [-0.3, -0.25) is 0 Å². The maximum absolute atomic E-state index is 9.00. The van der Waals surface area contributed by atoms with Crippen LogP contribution in [0.25, 0.3) is 0 Å². The highest BCUT2D eigenvalue weighted by Gasteiger charge is 2.10. The first-order valence-corrected chi connectivity index (χ1v) is 6.70. The van der Waals surface area contributed by atoms with Gasteiger partial charge < -0.3 is 0 Å². The molecular formula is C11H10N4S2. The summed E-state index contributed by atoms with van der Waals surface area (Å²) in [6.07, 6.45) is 0.823. The Labute approximate surface area is 108 Å². The van der Waals surface area contributed by atoms with Crippen LogP contribution >= 0.6 is 23.3 Å². The molecule has 6 heteroatoms. The maximum Gasteiger partial charge on any atom is 0.176 e. The molecule has 0 N–H and O–H groups in total. The van der Waals surface area contributed by atoms with E-state index >= 15 is 0 Å². The molecule has 0 fully saturated rings. The molecule has 0 aliphatic rings. The van der Waals surface area contributed by atoms with Gasteiger partial charge in [0.15, 0.2) is 4.34 Å². The summed E-state index contributed by atoms with van der Waals surface area (Å²) < 4.78 is 5.04. The summed E-state index contributed by atoms with van der Waals surface area (Å²) in [5.41, 5.74) is 1.47. The molecule has 2 aromatic heterocycles. The molecule has 0 radical (unpaired) electrons. The highest BCUT2D eigenvalue weighted by molar-refractivity contribution is 8.00. The van der Waals surface area contributed by atoms with E-state index in [2.05, 4.69) is 20.4 Å². The number of aryl methyl sites for hydroxylation is 2. The normalized spacial score (nSPS) is 10.2. The largest absolute Gasteiger partial charge is 0.245 e. The third-order valence-corrected chi connectivity index (χ3v) is 3.86. The Hall–Kier alpha value is -1.45. The van der Waals surface area contributed by atoms with Crippen molar-refractivity contribution in [3.05, 3.63) is 29.2 Å². The lowest BCUT2D eigenvalue weighted by molar-refractivity contribution is 0.968. The van der Waals surface area contributed by atoms with E-state index in [0.717, 1.165) is 22.3 Å². The monoisotopic (exact) mass is 262 g/mol. The van der Waals surface area contributed by atoms with Gasteiger partial charge in [0.25, 0.3) is 0 Å². The van der Waals surface area contributed by atoms with Crippen molar-refractivity contribution in [1.82, 2.24) is 14.3 Å². The molecule has 0 bridgehead atoms. The summed E-state index contributed by atoms with van der Waals surface area (Å²) in [4.78, 5) is 8.70. The fraction of sp³-hybridized carbons (Fsp3) is 0.273. The summed E-state index contributed by atoms with van der Waals surface area (Å²) in [5, 5.41) is 9.70. The van der Waals surface area contributed by atoms with E-state index in [9.17, 15) is 0 Å². The van der Waals surface area contributed by atoms with Crippen LogP contribution in [0.4, 0.5) is 0 Å². The lowest BCUT2D eigenvalue weighted by Crippen LogP contribution is -1.89. The van der Waals surface area contributed by atoms with Crippen LogP contribution in [-0.4, -0.2) is 14.3 Å². The zero-order valence-corrected chi connectivity index (χ0v) is 11.1. The zero-order valence-electron chi connectivity index (χ0n) is 9.47. The molecular weight excluding hydrogens is 252 g/mol. The highest BCUT2D eigenvalue weighted by Crippen LogP contribution is 2.30. The third-order valence-electron chi connectivity index (χ3n) is 2.07. The molecule has 0 aliphatic carbocycles. The Morgan fingerprint density at radius 1 is 1.41 bits per heavy atom. The lowest BCUT2D eigenvalue weighted by Gasteiger charge is -2.00. The van der Waals surface area contributed by atoms with Crippen LogP contribution < -0.4 is 0 Å². The number of hydrogen-bond acceptors (Lipinski definition) is 6. The highest BCUT2D eigenvalue weighted by atomic mass is 32.2. The van der Waals surface area contributed by atoms with Crippen molar-refractivity contribution in [3.63, 3.8) is 0 Å². The molecule has 0 amide bonds. The van der Waals surface area contributed by atoms with E-state index in [1.54, 1.807) is 6.07 Å². The average Bonchev–Trinajstić information content (AvgIpc) is 2.77. The quantitative estimate of drug-likeness (QED) is 0.851. The standard InChI is InChI=1S/C11H10N4S2/c1-3-9-14-11(17-15-9)16-10-8(6-12)5-4-7(2)13-10/h4-5H,3H2,1-2H3. The Bertz CT molecular complexity index is 571. The molecule has 0 saturated heterocycles. The average molecular weight is 262 g/mol. The molecule has 0 aliphatic heterocycles. The Morgan fingerprint density at radius 3 is 2.88 bits per heavy atom. The van der Waals surface area contributed by atoms with Crippen molar-refractivity contribution < 1.29 is 0 Å². The van der Waals surface area contributed by atoms with Gasteiger partial charge in [0, 0.05) is 12.1 Å². The summed E-state index contributed by atoms with van der Waals surface area (Å²) in [6, 6.07) is 5.75. The topological polar surface area (TPSA) is 62.5 Å². The van der Waals surface area contributed by atoms with Crippen LogP contribution in [0.3, 0.4) is 0 Å². The molecule has 4 nitrogen and oxygen atoms in total. The molecule has 0 spiro atoms. The second-order valence-electron chi connectivity index (χ2n) is 3.35.